The van der Waals surface area contributed by atoms with E-state index in [1.807, 2.05) is 18.2 Å². The number of para-hydroxylation sites is 1. The second-order valence-corrected chi connectivity index (χ2v) is 9.78. The van der Waals surface area contributed by atoms with Crippen LogP contribution in [0.4, 0.5) is 11.4 Å². The van der Waals surface area contributed by atoms with E-state index in [1.54, 1.807) is 29.2 Å². The minimum absolute atomic E-state index is 0.0319. The minimum atomic E-state index is -3.56. The first-order valence-electron chi connectivity index (χ1n) is 9.83. The Balaban J connectivity index is 1.44. The fraction of sp³-hybridized carbons (Fsp3) is 0.333. The number of fused-ring (bicyclic) bond motifs is 1. The molecule has 9 heteroatoms. The molecule has 0 aromatic heterocycles. The molecule has 7 nitrogen and oxygen atoms in total. The number of hydrogen-bond donors (Lipinski definition) is 1. The predicted molar refractivity (Wildman–Crippen MR) is 117 cm³/mol. The molecule has 2 aliphatic heterocycles. The zero-order valence-electron chi connectivity index (χ0n) is 16.3. The quantitative estimate of drug-likeness (QED) is 0.737. The number of amides is 2. The molecule has 0 spiro atoms. The van der Waals surface area contributed by atoms with Gasteiger partial charge in [-0.15, -0.1) is 0 Å². The van der Waals surface area contributed by atoms with Crippen LogP contribution in [0.1, 0.15) is 28.8 Å². The third-order valence-corrected chi connectivity index (χ3v) is 7.40. The highest BCUT2D eigenvalue weighted by atomic mass is 35.5. The summed E-state index contributed by atoms with van der Waals surface area (Å²) in [5.41, 5.74) is 2.47. The third-order valence-electron chi connectivity index (χ3n) is 5.39. The van der Waals surface area contributed by atoms with Gasteiger partial charge in [0.05, 0.1) is 22.7 Å². The smallest absolute Gasteiger partial charge is 0.253 e. The number of sulfonamides is 1. The van der Waals surface area contributed by atoms with Gasteiger partial charge in [-0.05, 0) is 42.7 Å². The Kier molecular flexibility index (Phi) is 5.71. The zero-order valence-corrected chi connectivity index (χ0v) is 17.9. The van der Waals surface area contributed by atoms with E-state index in [0.717, 1.165) is 12.0 Å². The van der Waals surface area contributed by atoms with Crippen LogP contribution in [0.15, 0.2) is 42.5 Å². The van der Waals surface area contributed by atoms with Gasteiger partial charge in [0.1, 0.15) is 0 Å². The van der Waals surface area contributed by atoms with E-state index in [2.05, 4.69) is 5.32 Å². The molecule has 158 valence electrons. The summed E-state index contributed by atoms with van der Waals surface area (Å²) < 4.78 is 27.0. The standard InChI is InChI=1S/C21H22ClN3O4S/c22-16-7-8-17(19(14-16)24-11-3-6-20(24)26)21(27)23-10-13-30(28,29)25-12-9-15-4-1-2-5-18(15)25/h1-2,4-5,7-8,14H,3,6,9-13H2,(H,23,27). The van der Waals surface area contributed by atoms with Crippen LogP contribution >= 0.6 is 11.6 Å². The van der Waals surface area contributed by atoms with Crippen molar-refractivity contribution in [2.24, 2.45) is 0 Å². The second-order valence-electron chi connectivity index (χ2n) is 7.33. The minimum Gasteiger partial charge on any atom is -0.351 e. The van der Waals surface area contributed by atoms with E-state index in [9.17, 15) is 18.0 Å². The van der Waals surface area contributed by atoms with Gasteiger partial charge in [-0.2, -0.15) is 0 Å². The molecule has 2 amide bonds. The molecular formula is C21H22ClN3O4S. The van der Waals surface area contributed by atoms with Crippen LogP contribution in [0, 0.1) is 0 Å². The lowest BCUT2D eigenvalue weighted by Crippen LogP contribution is -2.37. The molecule has 2 aromatic carbocycles. The van der Waals surface area contributed by atoms with Crippen LogP contribution in [0.3, 0.4) is 0 Å². The number of carbonyl (C=O) groups excluding carboxylic acids is 2. The Labute approximate surface area is 180 Å². The summed E-state index contributed by atoms with van der Waals surface area (Å²) >= 11 is 6.07. The van der Waals surface area contributed by atoms with Crippen molar-refractivity contribution in [3.63, 3.8) is 0 Å². The van der Waals surface area contributed by atoms with Crippen LogP contribution in [-0.4, -0.2) is 45.6 Å². The lowest BCUT2D eigenvalue weighted by molar-refractivity contribution is -0.117. The van der Waals surface area contributed by atoms with Crippen LogP contribution in [0.5, 0.6) is 0 Å². The first-order valence-corrected chi connectivity index (χ1v) is 11.8. The van der Waals surface area contributed by atoms with Gasteiger partial charge >= 0.3 is 0 Å². The number of nitrogens with one attached hydrogen (secondary N) is 1. The van der Waals surface area contributed by atoms with E-state index in [1.165, 1.54) is 4.31 Å². The van der Waals surface area contributed by atoms with Crippen molar-refractivity contribution in [2.75, 3.05) is 34.6 Å². The maximum Gasteiger partial charge on any atom is 0.253 e. The Morgan fingerprint density at radius 3 is 2.63 bits per heavy atom. The van der Waals surface area contributed by atoms with Gasteiger partial charge in [0.25, 0.3) is 5.91 Å². The van der Waals surface area contributed by atoms with Crippen molar-refractivity contribution in [1.29, 1.82) is 0 Å². The number of halogens is 1. The monoisotopic (exact) mass is 447 g/mol. The summed E-state index contributed by atoms with van der Waals surface area (Å²) in [6.45, 7) is 0.909. The van der Waals surface area contributed by atoms with Gasteiger partial charge in [0.15, 0.2) is 0 Å². The summed E-state index contributed by atoms with van der Waals surface area (Å²) in [7, 11) is -3.56. The zero-order chi connectivity index (χ0) is 21.3. The van der Waals surface area contributed by atoms with Crippen LogP contribution < -0.4 is 14.5 Å². The fourth-order valence-electron chi connectivity index (χ4n) is 3.92. The number of hydrogen-bond acceptors (Lipinski definition) is 4. The summed E-state index contributed by atoms with van der Waals surface area (Å²) in [6.07, 6.45) is 1.84. The molecule has 0 atom stereocenters. The molecule has 2 heterocycles. The topological polar surface area (TPSA) is 86.8 Å². The average molecular weight is 448 g/mol. The van der Waals surface area contributed by atoms with Crippen molar-refractivity contribution in [1.82, 2.24) is 5.32 Å². The summed E-state index contributed by atoms with van der Waals surface area (Å²) in [6, 6.07) is 12.2. The summed E-state index contributed by atoms with van der Waals surface area (Å²) in [5.74, 6) is -0.696. The molecule has 2 aromatic rings. The Morgan fingerprint density at radius 2 is 1.87 bits per heavy atom. The number of carbonyl (C=O) groups is 2. The van der Waals surface area contributed by atoms with E-state index in [-0.39, 0.29) is 18.2 Å². The second kappa shape index (κ2) is 8.28. The Bertz CT molecular complexity index is 1100. The van der Waals surface area contributed by atoms with E-state index < -0.39 is 15.9 Å². The van der Waals surface area contributed by atoms with Crippen LogP contribution in [-0.2, 0) is 21.2 Å². The van der Waals surface area contributed by atoms with Crippen molar-refractivity contribution >= 4 is 44.8 Å². The molecule has 0 unspecified atom stereocenters. The maximum absolute atomic E-state index is 12.8. The number of anilines is 2. The third kappa shape index (κ3) is 4.02. The van der Waals surface area contributed by atoms with E-state index in [4.69, 9.17) is 11.6 Å². The average Bonchev–Trinajstić information content (AvgIpc) is 3.34. The van der Waals surface area contributed by atoms with E-state index in [0.29, 0.717) is 47.9 Å². The van der Waals surface area contributed by atoms with Crippen molar-refractivity contribution in [3.05, 3.63) is 58.6 Å². The lowest BCUT2D eigenvalue weighted by Gasteiger charge is -2.21. The normalized spacial score (nSPS) is 16.1. The maximum atomic E-state index is 12.8. The molecule has 1 N–H and O–H groups in total. The molecule has 0 bridgehead atoms. The van der Waals surface area contributed by atoms with Gasteiger partial charge in [-0.3, -0.25) is 13.9 Å². The fourth-order valence-corrected chi connectivity index (χ4v) is 5.51. The lowest BCUT2D eigenvalue weighted by atomic mass is 10.1. The first kappa shape index (κ1) is 20.7. The molecule has 2 aliphatic rings. The van der Waals surface area contributed by atoms with Gasteiger partial charge < -0.3 is 10.2 Å². The molecular weight excluding hydrogens is 426 g/mol. The van der Waals surface area contributed by atoms with Crippen molar-refractivity contribution in [3.8, 4) is 0 Å². The molecule has 0 aliphatic carbocycles. The molecule has 4 rings (SSSR count). The summed E-state index contributed by atoms with van der Waals surface area (Å²) in [5, 5.41) is 3.10. The molecule has 0 radical (unpaired) electrons. The Morgan fingerprint density at radius 1 is 1.07 bits per heavy atom. The Hall–Kier alpha value is -2.58. The number of nitrogens with zero attached hydrogens (tertiary/aromatic N) is 2. The van der Waals surface area contributed by atoms with Crippen LogP contribution in [0.2, 0.25) is 5.02 Å². The highest BCUT2D eigenvalue weighted by Gasteiger charge is 2.29. The van der Waals surface area contributed by atoms with E-state index >= 15 is 0 Å². The van der Waals surface area contributed by atoms with Gasteiger partial charge in [-0.25, -0.2) is 8.42 Å². The molecule has 1 saturated heterocycles. The summed E-state index contributed by atoms with van der Waals surface area (Å²) in [4.78, 5) is 26.4. The van der Waals surface area contributed by atoms with Crippen LogP contribution in [0.25, 0.3) is 0 Å². The molecule has 1 fully saturated rings. The molecule has 30 heavy (non-hydrogen) atoms. The van der Waals surface area contributed by atoms with Gasteiger partial charge in [0.2, 0.25) is 15.9 Å². The highest BCUT2D eigenvalue weighted by molar-refractivity contribution is 7.92. The van der Waals surface area contributed by atoms with Crippen molar-refractivity contribution < 1.29 is 18.0 Å². The number of benzene rings is 2. The number of rotatable bonds is 6. The SMILES string of the molecule is O=C(NCCS(=O)(=O)N1CCc2ccccc21)c1ccc(Cl)cc1N1CCCC1=O. The first-order chi connectivity index (χ1) is 14.4. The van der Waals surface area contributed by atoms with Gasteiger partial charge in [0, 0.05) is 31.1 Å². The highest BCUT2D eigenvalue weighted by Crippen LogP contribution is 2.30. The van der Waals surface area contributed by atoms with Crippen molar-refractivity contribution in [2.45, 2.75) is 19.3 Å². The van der Waals surface area contributed by atoms with Gasteiger partial charge in [-0.1, -0.05) is 29.8 Å². The largest absolute Gasteiger partial charge is 0.351 e. The molecule has 0 saturated carbocycles. The predicted octanol–water partition coefficient (Wildman–Crippen LogP) is 2.59.